The minimum atomic E-state index is -0.148. The molecule has 0 saturated carbocycles. The predicted molar refractivity (Wildman–Crippen MR) is 156 cm³/mol. The second kappa shape index (κ2) is 12.8. The van der Waals surface area contributed by atoms with Gasteiger partial charge >= 0.3 is 0 Å². The van der Waals surface area contributed by atoms with Crippen molar-refractivity contribution >= 4 is 66.2 Å². The van der Waals surface area contributed by atoms with E-state index in [1.807, 2.05) is 60.7 Å². The second-order valence-electron chi connectivity index (χ2n) is 7.67. The first-order valence-electron chi connectivity index (χ1n) is 11.0. The Morgan fingerprint density at radius 3 is 1.22 bits per heavy atom. The van der Waals surface area contributed by atoms with Gasteiger partial charge in [0, 0.05) is 43.1 Å². The van der Waals surface area contributed by atoms with Gasteiger partial charge in [0.15, 0.2) is 11.6 Å². The van der Waals surface area contributed by atoms with Crippen LogP contribution in [0.5, 0.6) is 0 Å². The summed E-state index contributed by atoms with van der Waals surface area (Å²) in [5.41, 5.74) is 2.82. The summed E-state index contributed by atoms with van der Waals surface area (Å²) in [5, 5.41) is 1.01. The molecular formula is C30H20Cl2O2S2. The number of hydrogen-bond acceptors (Lipinski definition) is 4. The van der Waals surface area contributed by atoms with Crippen LogP contribution in [0.1, 0.15) is 31.8 Å². The van der Waals surface area contributed by atoms with Gasteiger partial charge in [-0.25, -0.2) is 0 Å². The van der Waals surface area contributed by atoms with Gasteiger partial charge in [-0.2, -0.15) is 0 Å². The van der Waals surface area contributed by atoms with Gasteiger partial charge in [0.2, 0.25) is 0 Å². The van der Waals surface area contributed by atoms with Crippen LogP contribution in [-0.2, 0) is 0 Å². The molecule has 0 aliphatic carbocycles. The Hall–Kier alpha value is -3.02. The van der Waals surface area contributed by atoms with Crippen LogP contribution in [0.3, 0.4) is 0 Å². The number of benzene rings is 4. The quantitative estimate of drug-likeness (QED) is 0.119. The first-order valence-corrected chi connectivity index (χ1v) is 13.9. The van der Waals surface area contributed by atoms with Gasteiger partial charge in [-0.05, 0) is 35.4 Å². The van der Waals surface area contributed by atoms with E-state index in [1.54, 1.807) is 60.7 Å². The molecule has 4 rings (SSSR count). The van der Waals surface area contributed by atoms with Crippen molar-refractivity contribution in [2.24, 2.45) is 0 Å². The zero-order valence-electron chi connectivity index (χ0n) is 18.9. The van der Waals surface area contributed by atoms with Crippen LogP contribution in [-0.4, -0.2) is 11.6 Å². The highest BCUT2D eigenvalue weighted by molar-refractivity contribution is 8.83. The lowest BCUT2D eigenvalue weighted by molar-refractivity contribution is 0.103. The molecular weight excluding hydrogens is 527 g/mol. The van der Waals surface area contributed by atoms with Gasteiger partial charge < -0.3 is 0 Å². The second-order valence-corrected chi connectivity index (χ2v) is 10.8. The van der Waals surface area contributed by atoms with E-state index >= 15 is 0 Å². The van der Waals surface area contributed by atoms with Crippen LogP contribution in [0.2, 0.25) is 10.0 Å². The van der Waals surface area contributed by atoms with Gasteiger partial charge in [-0.1, -0.05) is 130 Å². The first-order chi connectivity index (χ1) is 17.5. The number of ketones is 2. The third kappa shape index (κ3) is 7.25. The molecule has 178 valence electrons. The molecule has 0 radical (unpaired) electrons. The lowest BCUT2D eigenvalue weighted by Crippen LogP contribution is -1.96. The number of rotatable bonds is 9. The third-order valence-electron chi connectivity index (χ3n) is 5.08. The zero-order chi connectivity index (χ0) is 25.3. The van der Waals surface area contributed by atoms with Crippen molar-refractivity contribution in [3.63, 3.8) is 0 Å². The van der Waals surface area contributed by atoms with Gasteiger partial charge in [0.1, 0.15) is 0 Å². The molecule has 0 spiro atoms. The van der Waals surface area contributed by atoms with Gasteiger partial charge in [-0.3, -0.25) is 9.59 Å². The molecule has 0 atom stereocenters. The summed E-state index contributed by atoms with van der Waals surface area (Å²) in [7, 11) is 2.84. The summed E-state index contributed by atoms with van der Waals surface area (Å²) >= 11 is 12.2. The Bertz CT molecular complexity index is 1320. The van der Waals surface area contributed by atoms with E-state index in [4.69, 9.17) is 23.2 Å². The largest absolute Gasteiger partial charge is 0.289 e. The van der Waals surface area contributed by atoms with Crippen molar-refractivity contribution in [3.05, 3.63) is 154 Å². The maximum absolute atomic E-state index is 13.1. The number of carbonyl (C=O) groups is 2. The van der Waals surface area contributed by atoms with Crippen molar-refractivity contribution in [1.82, 2.24) is 0 Å². The topological polar surface area (TPSA) is 34.1 Å². The average molecular weight is 548 g/mol. The SMILES string of the molecule is O=C(/C=C(/SS/C(=C/C(=O)c1cccc(Cl)c1)c1ccccc1)c1ccccc1)c1cccc(Cl)c1. The Kier molecular flexibility index (Phi) is 9.26. The molecule has 0 aliphatic heterocycles. The fourth-order valence-corrected chi connectivity index (χ4v) is 6.03. The summed E-state index contributed by atoms with van der Waals surface area (Å²) in [4.78, 5) is 27.6. The van der Waals surface area contributed by atoms with Crippen LogP contribution < -0.4 is 0 Å². The predicted octanol–water partition coefficient (Wildman–Crippen LogP) is 9.52. The molecule has 0 saturated heterocycles. The summed E-state index contributed by atoms with van der Waals surface area (Å²) in [6.07, 6.45) is 3.22. The molecule has 6 heteroatoms. The zero-order valence-corrected chi connectivity index (χ0v) is 22.1. The van der Waals surface area contributed by atoms with Gasteiger partial charge in [-0.15, -0.1) is 0 Å². The molecule has 4 aromatic rings. The van der Waals surface area contributed by atoms with E-state index in [9.17, 15) is 9.59 Å². The number of halogens is 2. The minimum Gasteiger partial charge on any atom is -0.289 e. The van der Waals surface area contributed by atoms with E-state index < -0.39 is 0 Å². The lowest BCUT2D eigenvalue weighted by atomic mass is 10.1. The van der Waals surface area contributed by atoms with Crippen LogP contribution in [0.25, 0.3) is 9.81 Å². The fraction of sp³-hybridized carbons (Fsp3) is 0. The molecule has 0 unspecified atom stereocenters. The Morgan fingerprint density at radius 1 is 0.500 bits per heavy atom. The highest BCUT2D eigenvalue weighted by Gasteiger charge is 2.13. The summed E-state index contributed by atoms with van der Waals surface area (Å²) in [6.45, 7) is 0. The molecule has 2 nitrogen and oxygen atoms in total. The molecule has 4 aromatic carbocycles. The highest BCUT2D eigenvalue weighted by Crippen LogP contribution is 2.45. The molecule has 0 bridgehead atoms. The maximum Gasteiger partial charge on any atom is 0.187 e. The average Bonchev–Trinajstić information content (AvgIpc) is 2.91. The molecule has 0 fully saturated rings. The van der Waals surface area contributed by atoms with Crippen molar-refractivity contribution in [3.8, 4) is 0 Å². The number of hydrogen-bond donors (Lipinski definition) is 0. The smallest absolute Gasteiger partial charge is 0.187 e. The fourth-order valence-electron chi connectivity index (χ4n) is 3.29. The molecule has 0 aliphatic rings. The van der Waals surface area contributed by atoms with Crippen molar-refractivity contribution in [1.29, 1.82) is 0 Å². The molecule has 36 heavy (non-hydrogen) atoms. The van der Waals surface area contributed by atoms with E-state index in [2.05, 4.69) is 0 Å². The van der Waals surface area contributed by atoms with E-state index in [0.29, 0.717) is 21.2 Å². The van der Waals surface area contributed by atoms with E-state index in [0.717, 1.165) is 20.9 Å². The number of allylic oxidation sites excluding steroid dienone is 2. The highest BCUT2D eigenvalue weighted by atomic mass is 35.5. The van der Waals surface area contributed by atoms with Crippen molar-refractivity contribution in [2.45, 2.75) is 0 Å². The summed E-state index contributed by atoms with van der Waals surface area (Å²) in [5.74, 6) is -0.297. The van der Waals surface area contributed by atoms with Crippen molar-refractivity contribution in [2.75, 3.05) is 0 Å². The van der Waals surface area contributed by atoms with E-state index in [-0.39, 0.29) is 11.6 Å². The minimum absolute atomic E-state index is 0.148. The first kappa shape index (κ1) is 26.1. The normalized spacial score (nSPS) is 11.8. The van der Waals surface area contributed by atoms with E-state index in [1.165, 1.54) is 21.6 Å². The maximum atomic E-state index is 13.1. The Labute approximate surface area is 228 Å². The Morgan fingerprint density at radius 2 is 0.861 bits per heavy atom. The molecule has 0 amide bonds. The molecule has 0 N–H and O–H groups in total. The summed E-state index contributed by atoms with van der Waals surface area (Å²) in [6, 6.07) is 33.1. The Balaban J connectivity index is 1.66. The standard InChI is InChI=1S/C30H20Cl2O2S2/c31-25-15-7-13-23(17-25)27(33)19-29(21-9-3-1-4-10-21)35-36-30(22-11-5-2-6-12-22)20-28(34)24-14-8-16-26(32)18-24/h1-20H/b29-19+,30-20+. The van der Waals surface area contributed by atoms with Crippen molar-refractivity contribution < 1.29 is 9.59 Å². The monoisotopic (exact) mass is 546 g/mol. The van der Waals surface area contributed by atoms with Gasteiger partial charge in [0.25, 0.3) is 0 Å². The van der Waals surface area contributed by atoms with Crippen LogP contribution in [0, 0.1) is 0 Å². The van der Waals surface area contributed by atoms with Crippen LogP contribution >= 0.6 is 44.8 Å². The summed E-state index contributed by atoms with van der Waals surface area (Å²) < 4.78 is 0. The van der Waals surface area contributed by atoms with Gasteiger partial charge in [0.05, 0.1) is 0 Å². The lowest BCUT2D eigenvalue weighted by Gasteiger charge is -2.11. The molecule has 0 heterocycles. The molecule has 0 aromatic heterocycles. The van der Waals surface area contributed by atoms with Crippen LogP contribution in [0.15, 0.2) is 121 Å². The number of carbonyl (C=O) groups excluding carboxylic acids is 2. The van der Waals surface area contributed by atoms with Crippen LogP contribution in [0.4, 0.5) is 0 Å². The third-order valence-corrected chi connectivity index (χ3v) is 8.03.